The van der Waals surface area contributed by atoms with Crippen LogP contribution in [-0.4, -0.2) is 31.2 Å². The van der Waals surface area contributed by atoms with Crippen LogP contribution < -0.4 is 10.1 Å². The van der Waals surface area contributed by atoms with Crippen molar-refractivity contribution in [3.63, 3.8) is 0 Å². The summed E-state index contributed by atoms with van der Waals surface area (Å²) < 4.78 is 10.1. The Morgan fingerprint density at radius 3 is 2.95 bits per heavy atom. The number of fused-ring (bicyclic) bond motifs is 1. The van der Waals surface area contributed by atoms with Crippen LogP contribution in [0.4, 0.5) is 0 Å². The molecule has 0 radical (unpaired) electrons. The van der Waals surface area contributed by atoms with Gasteiger partial charge in [-0.2, -0.15) is 0 Å². The number of aromatic amines is 1. The summed E-state index contributed by atoms with van der Waals surface area (Å²) in [6.07, 6.45) is 1.95. The van der Waals surface area contributed by atoms with Crippen molar-refractivity contribution >= 4 is 16.9 Å². The third-order valence-corrected chi connectivity index (χ3v) is 3.25. The van der Waals surface area contributed by atoms with Crippen LogP contribution >= 0.6 is 0 Å². The molecular weight excluding hydrogens is 256 g/mol. The molecule has 0 bridgehead atoms. The lowest BCUT2D eigenvalue weighted by molar-refractivity contribution is -0.142. The zero-order chi connectivity index (χ0) is 14.5. The number of carbonyl (C=O) groups is 1. The first-order chi connectivity index (χ1) is 9.65. The molecule has 2 aromatic rings. The Bertz CT molecular complexity index is 592. The Morgan fingerprint density at radius 2 is 2.25 bits per heavy atom. The van der Waals surface area contributed by atoms with Crippen molar-refractivity contribution in [2.45, 2.75) is 19.9 Å². The molecule has 1 aromatic heterocycles. The van der Waals surface area contributed by atoms with Crippen LogP contribution in [0.5, 0.6) is 5.75 Å². The van der Waals surface area contributed by atoms with E-state index in [1.165, 1.54) is 0 Å². The number of methoxy groups -OCH3 is 1. The smallest absolute Gasteiger partial charge is 0.319 e. The SMILES string of the molecule is CCOC(=O)CNC(C)c1c[nH]c2cc(OC)ccc12. The average molecular weight is 276 g/mol. The first kappa shape index (κ1) is 14.4. The maximum atomic E-state index is 11.4. The van der Waals surface area contributed by atoms with Crippen LogP contribution in [0.25, 0.3) is 10.9 Å². The number of nitrogens with one attached hydrogen (secondary N) is 2. The van der Waals surface area contributed by atoms with E-state index in [9.17, 15) is 4.79 Å². The van der Waals surface area contributed by atoms with Gasteiger partial charge in [-0.25, -0.2) is 0 Å². The molecule has 2 N–H and O–H groups in total. The van der Waals surface area contributed by atoms with Gasteiger partial charge in [-0.1, -0.05) is 0 Å². The van der Waals surface area contributed by atoms with E-state index in [1.807, 2.05) is 31.3 Å². The third-order valence-electron chi connectivity index (χ3n) is 3.25. The van der Waals surface area contributed by atoms with Crippen molar-refractivity contribution in [3.05, 3.63) is 30.0 Å². The van der Waals surface area contributed by atoms with E-state index in [2.05, 4.69) is 10.3 Å². The Morgan fingerprint density at radius 1 is 1.45 bits per heavy atom. The van der Waals surface area contributed by atoms with Gasteiger partial charge in [-0.3, -0.25) is 4.79 Å². The van der Waals surface area contributed by atoms with Crippen molar-refractivity contribution in [1.82, 2.24) is 10.3 Å². The second kappa shape index (κ2) is 6.43. The Hall–Kier alpha value is -2.01. The fraction of sp³-hybridized carbons (Fsp3) is 0.400. The monoisotopic (exact) mass is 276 g/mol. The van der Waals surface area contributed by atoms with E-state index in [-0.39, 0.29) is 18.6 Å². The lowest BCUT2D eigenvalue weighted by Crippen LogP contribution is -2.27. The molecule has 0 saturated heterocycles. The predicted octanol–water partition coefficient (Wildman–Crippen LogP) is 2.39. The van der Waals surface area contributed by atoms with E-state index in [4.69, 9.17) is 9.47 Å². The fourth-order valence-corrected chi connectivity index (χ4v) is 2.17. The highest BCUT2D eigenvalue weighted by Gasteiger charge is 2.13. The highest BCUT2D eigenvalue weighted by Crippen LogP contribution is 2.27. The molecule has 5 heteroatoms. The largest absolute Gasteiger partial charge is 0.497 e. The fourth-order valence-electron chi connectivity index (χ4n) is 2.17. The Kier molecular flexibility index (Phi) is 4.63. The van der Waals surface area contributed by atoms with Gasteiger partial charge in [-0.05, 0) is 31.5 Å². The highest BCUT2D eigenvalue weighted by molar-refractivity contribution is 5.85. The van der Waals surface area contributed by atoms with E-state index >= 15 is 0 Å². The quantitative estimate of drug-likeness (QED) is 0.795. The standard InChI is InChI=1S/C15H20N2O3/c1-4-20-15(18)9-16-10(2)13-8-17-14-7-11(19-3)5-6-12(13)14/h5-8,10,16-17H,4,9H2,1-3H3. The van der Waals surface area contributed by atoms with Gasteiger partial charge in [0.2, 0.25) is 0 Å². The number of hydrogen-bond donors (Lipinski definition) is 2. The van der Waals surface area contributed by atoms with Gasteiger partial charge in [0.25, 0.3) is 0 Å². The van der Waals surface area contributed by atoms with E-state index in [0.717, 1.165) is 22.2 Å². The van der Waals surface area contributed by atoms with Crippen molar-refractivity contribution in [2.24, 2.45) is 0 Å². The van der Waals surface area contributed by atoms with Crippen molar-refractivity contribution in [2.75, 3.05) is 20.3 Å². The number of rotatable bonds is 6. The van der Waals surface area contributed by atoms with E-state index in [1.54, 1.807) is 14.0 Å². The number of aromatic nitrogens is 1. The first-order valence-corrected chi connectivity index (χ1v) is 6.69. The van der Waals surface area contributed by atoms with Crippen molar-refractivity contribution in [3.8, 4) is 5.75 Å². The first-order valence-electron chi connectivity index (χ1n) is 6.69. The number of esters is 1. The summed E-state index contributed by atoms with van der Waals surface area (Å²) in [5, 5.41) is 4.28. The summed E-state index contributed by atoms with van der Waals surface area (Å²) in [7, 11) is 1.65. The van der Waals surface area contributed by atoms with Gasteiger partial charge in [0.15, 0.2) is 0 Å². The van der Waals surface area contributed by atoms with Gasteiger partial charge in [0, 0.05) is 29.2 Å². The number of hydrogen-bond acceptors (Lipinski definition) is 4. The molecule has 0 aliphatic carbocycles. The molecule has 0 aliphatic heterocycles. The van der Waals surface area contributed by atoms with Crippen LogP contribution in [-0.2, 0) is 9.53 Å². The summed E-state index contributed by atoms with van der Waals surface area (Å²) in [5.41, 5.74) is 2.14. The molecule has 2 rings (SSSR count). The zero-order valence-electron chi connectivity index (χ0n) is 12.0. The summed E-state index contributed by atoms with van der Waals surface area (Å²) in [6, 6.07) is 5.96. The van der Waals surface area contributed by atoms with E-state index < -0.39 is 0 Å². The second-order valence-electron chi connectivity index (χ2n) is 4.56. The maximum absolute atomic E-state index is 11.4. The van der Waals surface area contributed by atoms with Gasteiger partial charge in [0.05, 0.1) is 20.3 Å². The Labute approximate surface area is 118 Å². The van der Waals surface area contributed by atoms with Gasteiger partial charge in [-0.15, -0.1) is 0 Å². The lowest BCUT2D eigenvalue weighted by Gasteiger charge is -2.12. The summed E-state index contributed by atoms with van der Waals surface area (Å²) >= 11 is 0. The summed E-state index contributed by atoms with van der Waals surface area (Å²) in [6.45, 7) is 4.43. The number of H-pyrrole nitrogens is 1. The molecule has 0 fully saturated rings. The van der Waals surface area contributed by atoms with Crippen molar-refractivity contribution < 1.29 is 14.3 Å². The molecule has 1 aromatic carbocycles. The molecule has 108 valence electrons. The molecule has 0 saturated carbocycles. The lowest BCUT2D eigenvalue weighted by atomic mass is 10.1. The molecule has 0 amide bonds. The number of ether oxygens (including phenoxy) is 2. The van der Waals surface area contributed by atoms with Crippen LogP contribution in [0.2, 0.25) is 0 Å². The van der Waals surface area contributed by atoms with Crippen LogP contribution in [0.15, 0.2) is 24.4 Å². The molecule has 0 aliphatic rings. The number of carbonyl (C=O) groups excluding carboxylic acids is 1. The Balaban J connectivity index is 2.10. The summed E-state index contributed by atoms with van der Waals surface area (Å²) in [4.78, 5) is 14.6. The predicted molar refractivity (Wildman–Crippen MR) is 77.9 cm³/mol. The molecule has 0 spiro atoms. The second-order valence-corrected chi connectivity index (χ2v) is 4.56. The van der Waals surface area contributed by atoms with Crippen LogP contribution in [0.1, 0.15) is 25.5 Å². The highest BCUT2D eigenvalue weighted by atomic mass is 16.5. The van der Waals surface area contributed by atoms with E-state index in [0.29, 0.717) is 6.61 Å². The topological polar surface area (TPSA) is 63.3 Å². The molecule has 5 nitrogen and oxygen atoms in total. The van der Waals surface area contributed by atoms with Gasteiger partial charge in [0.1, 0.15) is 5.75 Å². The van der Waals surface area contributed by atoms with Gasteiger partial charge < -0.3 is 19.8 Å². The summed E-state index contributed by atoms with van der Waals surface area (Å²) in [5.74, 6) is 0.582. The minimum atomic E-state index is -0.235. The molecule has 1 unspecified atom stereocenters. The van der Waals surface area contributed by atoms with Crippen LogP contribution in [0, 0.1) is 0 Å². The zero-order valence-corrected chi connectivity index (χ0v) is 12.0. The minimum absolute atomic E-state index is 0.0570. The molecule has 1 atom stereocenters. The van der Waals surface area contributed by atoms with Crippen molar-refractivity contribution in [1.29, 1.82) is 0 Å². The van der Waals surface area contributed by atoms with Crippen LogP contribution in [0.3, 0.4) is 0 Å². The minimum Gasteiger partial charge on any atom is -0.497 e. The van der Waals surface area contributed by atoms with Gasteiger partial charge >= 0.3 is 5.97 Å². The average Bonchev–Trinajstić information content (AvgIpc) is 2.88. The number of benzene rings is 1. The third kappa shape index (κ3) is 3.11. The normalized spacial score (nSPS) is 12.3. The molecule has 1 heterocycles. The maximum Gasteiger partial charge on any atom is 0.319 e. The molecule has 20 heavy (non-hydrogen) atoms. The molecular formula is C15H20N2O3.